The summed E-state index contributed by atoms with van der Waals surface area (Å²) in [4.78, 5) is 2.86. The third-order valence-electron chi connectivity index (χ3n) is 4.88. The summed E-state index contributed by atoms with van der Waals surface area (Å²) in [5.41, 5.74) is -0.931. The number of benzene rings is 1. The molecule has 2 heterocycles. The topological polar surface area (TPSA) is 12.5 Å². The van der Waals surface area contributed by atoms with Crippen molar-refractivity contribution in [1.82, 2.24) is 4.90 Å². The minimum absolute atomic E-state index is 0.123. The Kier molecular flexibility index (Phi) is 2.97. The fourth-order valence-corrected chi connectivity index (χ4v) is 4.52. The third kappa shape index (κ3) is 2.02. The Balaban J connectivity index is 1.78. The van der Waals surface area contributed by atoms with Crippen molar-refractivity contribution < 1.29 is 13.5 Å². The van der Waals surface area contributed by atoms with Crippen LogP contribution in [0.4, 0.5) is 8.78 Å². The summed E-state index contributed by atoms with van der Waals surface area (Å²) in [6.45, 7) is 3.09. The predicted molar refractivity (Wildman–Crippen MR) is 83.5 cm³/mol. The summed E-state index contributed by atoms with van der Waals surface area (Å²) in [7, 11) is 2.12. The van der Waals surface area contributed by atoms with Crippen molar-refractivity contribution in [2.75, 3.05) is 13.6 Å². The Morgan fingerprint density at radius 1 is 1.36 bits per heavy atom. The first-order valence-electron chi connectivity index (χ1n) is 7.38. The number of rotatable bonds is 1. The molecule has 116 valence electrons. The highest BCUT2D eigenvalue weighted by Crippen LogP contribution is 2.52. The van der Waals surface area contributed by atoms with Gasteiger partial charge in [0.15, 0.2) is 0 Å². The second kappa shape index (κ2) is 4.59. The van der Waals surface area contributed by atoms with E-state index in [0.29, 0.717) is 16.7 Å². The van der Waals surface area contributed by atoms with Gasteiger partial charge in [-0.25, -0.2) is 0 Å². The number of halogens is 2. The minimum atomic E-state index is -3.15. The van der Waals surface area contributed by atoms with Gasteiger partial charge in [-0.2, -0.15) is 8.78 Å². The molecule has 0 unspecified atom stereocenters. The van der Waals surface area contributed by atoms with Crippen LogP contribution < -0.4 is 4.74 Å². The van der Waals surface area contributed by atoms with Gasteiger partial charge in [-0.05, 0) is 56.4 Å². The van der Waals surface area contributed by atoms with Crippen LogP contribution in [0.3, 0.4) is 0 Å². The van der Waals surface area contributed by atoms with Crippen LogP contribution in [0.25, 0.3) is 0 Å². The number of thioether (sulfide) groups is 1. The zero-order chi connectivity index (χ0) is 15.5. The lowest BCUT2D eigenvalue weighted by atomic mass is 9.71. The Morgan fingerprint density at radius 2 is 2.18 bits per heavy atom. The molecule has 1 aromatic rings. The number of alkyl halides is 2. The number of hydrogen-bond acceptors (Lipinski definition) is 3. The van der Waals surface area contributed by atoms with Crippen LogP contribution in [-0.2, 0) is 5.41 Å². The SMILES string of the molecule is CC1=C[C@@H]2N(C)CC[C@]2(c2ccc3c(c2)SC(F)(F)O3)C=C1. The van der Waals surface area contributed by atoms with Gasteiger partial charge in [0.25, 0.3) is 0 Å². The largest absolute Gasteiger partial charge is 0.457 e. The maximum atomic E-state index is 13.4. The van der Waals surface area contributed by atoms with Crippen molar-refractivity contribution in [2.45, 2.75) is 35.1 Å². The van der Waals surface area contributed by atoms with E-state index in [0.717, 1.165) is 18.5 Å². The number of hydrogen-bond donors (Lipinski definition) is 0. The summed E-state index contributed by atoms with van der Waals surface area (Å²) >= 11 is 0.495. The second-order valence-corrected chi connectivity index (χ2v) is 7.41. The van der Waals surface area contributed by atoms with Gasteiger partial charge in [-0.15, -0.1) is 0 Å². The van der Waals surface area contributed by atoms with E-state index in [-0.39, 0.29) is 17.2 Å². The lowest BCUT2D eigenvalue weighted by Crippen LogP contribution is -2.39. The summed E-state index contributed by atoms with van der Waals surface area (Å²) in [6, 6.07) is 5.78. The average molecular weight is 321 g/mol. The Hall–Kier alpha value is -1.33. The highest BCUT2D eigenvalue weighted by atomic mass is 32.2. The van der Waals surface area contributed by atoms with Crippen molar-refractivity contribution in [2.24, 2.45) is 0 Å². The van der Waals surface area contributed by atoms with Crippen LogP contribution >= 0.6 is 11.8 Å². The molecule has 1 aliphatic carbocycles. The standard InChI is InChI=1S/C17H17F2NOS/c1-11-5-6-16(7-8-20(2)15(16)9-11)12-3-4-13-14(10-12)22-17(18,19)21-13/h3-6,9-10,15H,7-8H2,1-2H3/t15-,16-/m0/s1. The van der Waals surface area contributed by atoms with Crippen molar-refractivity contribution in [3.05, 3.63) is 47.6 Å². The second-order valence-electron chi connectivity index (χ2n) is 6.29. The summed E-state index contributed by atoms with van der Waals surface area (Å²) in [5.74, 6) is 0.282. The maximum Gasteiger partial charge on any atom is 0.457 e. The minimum Gasteiger partial charge on any atom is -0.423 e. The van der Waals surface area contributed by atoms with Gasteiger partial charge in [0, 0.05) is 11.5 Å². The number of nitrogens with zero attached hydrogens (tertiary/aromatic N) is 1. The lowest BCUT2D eigenvalue weighted by Gasteiger charge is -2.36. The van der Waals surface area contributed by atoms with Crippen LogP contribution in [0.15, 0.2) is 46.9 Å². The molecule has 22 heavy (non-hydrogen) atoms. The first-order chi connectivity index (χ1) is 10.4. The lowest BCUT2D eigenvalue weighted by molar-refractivity contribution is -0.0822. The molecule has 0 N–H and O–H groups in total. The quantitative estimate of drug-likeness (QED) is 0.770. The van der Waals surface area contributed by atoms with Crippen molar-refractivity contribution in [1.29, 1.82) is 0 Å². The summed E-state index contributed by atoms with van der Waals surface area (Å²) in [5, 5.41) is 0. The molecule has 1 fully saturated rings. The highest BCUT2D eigenvalue weighted by Gasteiger charge is 2.47. The molecular weight excluding hydrogens is 304 g/mol. The van der Waals surface area contributed by atoms with Gasteiger partial charge >= 0.3 is 5.44 Å². The van der Waals surface area contributed by atoms with Gasteiger partial charge in [0.05, 0.1) is 4.90 Å². The number of likely N-dealkylation sites (N-methyl/N-ethyl adjacent to an activating group) is 1. The first kappa shape index (κ1) is 14.3. The van der Waals surface area contributed by atoms with E-state index in [1.165, 1.54) is 5.57 Å². The molecule has 0 spiro atoms. The molecule has 2 nitrogen and oxygen atoms in total. The van der Waals surface area contributed by atoms with Gasteiger partial charge in [0.2, 0.25) is 0 Å². The zero-order valence-corrected chi connectivity index (χ0v) is 13.3. The van der Waals surface area contributed by atoms with Gasteiger partial charge in [-0.3, -0.25) is 4.90 Å². The fraction of sp³-hybridized carbons (Fsp3) is 0.412. The third-order valence-corrected chi connectivity index (χ3v) is 5.74. The zero-order valence-electron chi connectivity index (χ0n) is 12.5. The molecule has 2 atom stereocenters. The van der Waals surface area contributed by atoms with Gasteiger partial charge < -0.3 is 4.74 Å². The number of ether oxygens (including phenoxy) is 1. The van der Waals surface area contributed by atoms with Gasteiger partial charge in [-0.1, -0.05) is 29.9 Å². The van der Waals surface area contributed by atoms with Crippen molar-refractivity contribution in [3.63, 3.8) is 0 Å². The summed E-state index contributed by atoms with van der Waals surface area (Å²) < 4.78 is 31.5. The number of allylic oxidation sites excluding steroid dienone is 2. The van der Waals surface area contributed by atoms with E-state index >= 15 is 0 Å². The first-order valence-corrected chi connectivity index (χ1v) is 8.20. The smallest absolute Gasteiger partial charge is 0.423 e. The van der Waals surface area contributed by atoms with Gasteiger partial charge in [0.1, 0.15) is 5.75 Å². The van der Waals surface area contributed by atoms with E-state index < -0.39 is 5.44 Å². The molecule has 2 aliphatic heterocycles. The molecule has 0 saturated carbocycles. The van der Waals surface area contributed by atoms with E-state index in [1.54, 1.807) is 6.07 Å². The van der Waals surface area contributed by atoms with Crippen LogP contribution in [0, 0.1) is 0 Å². The normalized spacial score (nSPS) is 32.4. The molecule has 1 aromatic carbocycles. The number of likely N-dealkylation sites (tertiary alicyclic amines) is 1. The van der Waals surface area contributed by atoms with Crippen LogP contribution in [-0.4, -0.2) is 30.0 Å². The molecule has 3 aliphatic rings. The Morgan fingerprint density at radius 3 is 3.00 bits per heavy atom. The van der Waals surface area contributed by atoms with E-state index in [9.17, 15) is 8.78 Å². The van der Waals surface area contributed by atoms with E-state index in [1.807, 2.05) is 12.1 Å². The van der Waals surface area contributed by atoms with Crippen LogP contribution in [0.1, 0.15) is 18.9 Å². The van der Waals surface area contributed by atoms with Crippen molar-refractivity contribution >= 4 is 11.8 Å². The van der Waals surface area contributed by atoms with E-state index in [4.69, 9.17) is 0 Å². The molecule has 4 rings (SSSR count). The molecule has 0 bridgehead atoms. The highest BCUT2D eigenvalue weighted by molar-refractivity contribution is 8.00. The fourth-order valence-electron chi connectivity index (χ4n) is 3.73. The van der Waals surface area contributed by atoms with E-state index in [2.05, 4.69) is 41.8 Å². The summed E-state index contributed by atoms with van der Waals surface area (Å²) in [6.07, 6.45) is 7.66. The van der Waals surface area contributed by atoms with Crippen molar-refractivity contribution in [3.8, 4) is 5.75 Å². The molecule has 5 heteroatoms. The predicted octanol–water partition coefficient (Wildman–Crippen LogP) is 4.18. The average Bonchev–Trinajstić information content (AvgIpc) is 2.95. The molecular formula is C17H17F2NOS. The monoisotopic (exact) mass is 321 g/mol. The molecule has 0 amide bonds. The Labute approximate surface area is 132 Å². The molecule has 0 aromatic heterocycles. The Bertz CT molecular complexity index is 700. The van der Waals surface area contributed by atoms with Crippen LogP contribution in [0.5, 0.6) is 5.75 Å². The van der Waals surface area contributed by atoms with Crippen LogP contribution in [0.2, 0.25) is 0 Å². The maximum absolute atomic E-state index is 13.4. The number of fused-ring (bicyclic) bond motifs is 2. The molecule has 1 saturated heterocycles. The molecule has 0 radical (unpaired) electrons.